The molecule has 0 bridgehead atoms. The van der Waals surface area contributed by atoms with Crippen LogP contribution in [0.4, 0.5) is 23.2 Å². The van der Waals surface area contributed by atoms with Crippen molar-refractivity contribution >= 4 is 19.0 Å². The zero-order valence-electron chi connectivity index (χ0n) is 5.67. The minimum atomic E-state index is -1.67. The summed E-state index contributed by atoms with van der Waals surface area (Å²) >= 11 is 0. The van der Waals surface area contributed by atoms with E-state index in [4.69, 9.17) is 0 Å². The molecule has 1 rings (SSSR count). The number of nitrogen functional groups attached to an aromatic ring is 1. The summed E-state index contributed by atoms with van der Waals surface area (Å²) in [5.74, 6) is -6.70. The summed E-state index contributed by atoms with van der Waals surface area (Å²) < 4.78 is 49.8. The molecule has 62 valence electrons. The summed E-state index contributed by atoms with van der Waals surface area (Å²) in [5, 5.41) is 0. The van der Waals surface area contributed by atoms with Crippen molar-refractivity contribution in [3.8, 4) is 0 Å². The Morgan fingerprint density at radius 2 is 1.17 bits per heavy atom. The van der Waals surface area contributed by atoms with Gasteiger partial charge in [0.1, 0.15) is 13.5 Å². The Labute approximate surface area is 66.6 Å². The van der Waals surface area contributed by atoms with Crippen LogP contribution in [0.1, 0.15) is 0 Å². The highest BCUT2D eigenvalue weighted by Gasteiger charge is 2.19. The molecular formula is C6H2BF4N. The van der Waals surface area contributed by atoms with Crippen LogP contribution in [-0.2, 0) is 0 Å². The number of anilines is 1. The van der Waals surface area contributed by atoms with E-state index in [9.17, 15) is 17.6 Å². The van der Waals surface area contributed by atoms with E-state index in [1.165, 1.54) is 0 Å². The second kappa shape index (κ2) is 2.69. The lowest BCUT2D eigenvalue weighted by atomic mass is 9.94. The smallest absolute Gasteiger partial charge is 0.184 e. The molecule has 0 amide bonds. The molecule has 0 aromatic heterocycles. The average molecular weight is 175 g/mol. The highest BCUT2D eigenvalue weighted by atomic mass is 19.2. The summed E-state index contributed by atoms with van der Waals surface area (Å²) in [4.78, 5) is 0. The van der Waals surface area contributed by atoms with E-state index in [2.05, 4.69) is 13.6 Å². The normalized spacial score (nSPS) is 10.3. The Morgan fingerprint density at radius 3 is 1.50 bits per heavy atom. The molecule has 1 aromatic carbocycles. The first kappa shape index (κ1) is 8.90. The van der Waals surface area contributed by atoms with Gasteiger partial charge in [-0.2, -0.15) is 0 Å². The first-order valence-corrected chi connectivity index (χ1v) is 2.83. The van der Waals surface area contributed by atoms with E-state index in [0.29, 0.717) is 0 Å². The fraction of sp³-hybridized carbons (Fsp3) is 0. The predicted octanol–water partition coefficient (Wildman–Crippen LogP) is 0.619. The summed E-state index contributed by atoms with van der Waals surface area (Å²) in [6, 6.07) is 0. The fourth-order valence-electron chi connectivity index (χ4n) is 0.666. The lowest BCUT2D eigenvalue weighted by molar-refractivity contribution is 0.469. The standard InChI is InChI=1S/C6H2BF4N/c7-1-2(8)4(10)6(12)5(11)3(1)9/h12H2. The maximum Gasteiger partial charge on any atom is 0.184 e. The Morgan fingerprint density at radius 1 is 0.833 bits per heavy atom. The van der Waals surface area contributed by atoms with Crippen molar-refractivity contribution < 1.29 is 17.6 Å². The quantitative estimate of drug-likeness (QED) is 0.266. The number of hydrogen-bond acceptors (Lipinski definition) is 1. The van der Waals surface area contributed by atoms with Crippen molar-refractivity contribution in [2.45, 2.75) is 0 Å². The molecule has 0 unspecified atom stereocenters. The van der Waals surface area contributed by atoms with Crippen molar-refractivity contribution in [1.82, 2.24) is 0 Å². The van der Waals surface area contributed by atoms with E-state index in [1.54, 1.807) is 0 Å². The summed E-state index contributed by atoms with van der Waals surface area (Å²) in [6.07, 6.45) is 0. The molecule has 0 atom stereocenters. The largest absolute Gasteiger partial charge is 0.394 e. The van der Waals surface area contributed by atoms with Crippen LogP contribution in [0.2, 0.25) is 0 Å². The third-order valence-electron chi connectivity index (χ3n) is 1.33. The lowest BCUT2D eigenvalue weighted by Gasteiger charge is -2.04. The zero-order chi connectivity index (χ0) is 9.46. The van der Waals surface area contributed by atoms with Gasteiger partial charge in [0.25, 0.3) is 0 Å². The van der Waals surface area contributed by atoms with E-state index < -0.39 is 34.4 Å². The number of benzene rings is 1. The van der Waals surface area contributed by atoms with Gasteiger partial charge in [-0.15, -0.1) is 0 Å². The van der Waals surface area contributed by atoms with E-state index >= 15 is 0 Å². The molecule has 0 aliphatic rings. The first-order valence-electron chi connectivity index (χ1n) is 2.83. The third-order valence-corrected chi connectivity index (χ3v) is 1.33. The fourth-order valence-corrected chi connectivity index (χ4v) is 0.666. The van der Waals surface area contributed by atoms with Gasteiger partial charge in [-0.3, -0.25) is 0 Å². The maximum absolute atomic E-state index is 12.4. The Hall–Kier alpha value is -1.20. The number of halogens is 4. The van der Waals surface area contributed by atoms with Gasteiger partial charge in [-0.1, -0.05) is 0 Å². The molecule has 0 aliphatic carbocycles. The van der Waals surface area contributed by atoms with Crippen LogP contribution < -0.4 is 11.2 Å². The molecule has 1 aromatic rings. The minimum Gasteiger partial charge on any atom is -0.394 e. The van der Waals surface area contributed by atoms with Crippen LogP contribution in [0.15, 0.2) is 0 Å². The van der Waals surface area contributed by atoms with Crippen molar-refractivity contribution in [2.24, 2.45) is 0 Å². The summed E-state index contributed by atoms with van der Waals surface area (Å²) in [6.45, 7) is 0. The monoisotopic (exact) mass is 175 g/mol. The lowest BCUT2D eigenvalue weighted by Crippen LogP contribution is -2.20. The third kappa shape index (κ3) is 1.03. The molecule has 0 saturated carbocycles. The topological polar surface area (TPSA) is 26.0 Å². The van der Waals surface area contributed by atoms with Crippen LogP contribution >= 0.6 is 0 Å². The van der Waals surface area contributed by atoms with Crippen LogP contribution in [0.3, 0.4) is 0 Å². The molecule has 2 radical (unpaired) electrons. The summed E-state index contributed by atoms with van der Waals surface area (Å²) in [7, 11) is 4.67. The van der Waals surface area contributed by atoms with E-state index in [0.717, 1.165) is 0 Å². The van der Waals surface area contributed by atoms with Gasteiger partial charge >= 0.3 is 0 Å². The number of nitrogens with two attached hydrogens (primary N) is 1. The van der Waals surface area contributed by atoms with Crippen molar-refractivity contribution in [1.29, 1.82) is 0 Å². The second-order valence-corrected chi connectivity index (χ2v) is 2.08. The highest BCUT2D eigenvalue weighted by Crippen LogP contribution is 2.18. The second-order valence-electron chi connectivity index (χ2n) is 2.08. The number of hydrogen-bond donors (Lipinski definition) is 1. The molecule has 2 N–H and O–H groups in total. The van der Waals surface area contributed by atoms with E-state index in [1.807, 2.05) is 0 Å². The van der Waals surface area contributed by atoms with Gasteiger partial charge in [0.15, 0.2) is 23.3 Å². The summed E-state index contributed by atoms with van der Waals surface area (Å²) in [5.41, 5.74) is 2.25. The molecule has 0 spiro atoms. The number of rotatable bonds is 0. The van der Waals surface area contributed by atoms with Crippen LogP contribution in [0.5, 0.6) is 0 Å². The van der Waals surface area contributed by atoms with Gasteiger partial charge in [-0.05, 0) is 5.46 Å². The van der Waals surface area contributed by atoms with Crippen LogP contribution in [0.25, 0.3) is 0 Å². The van der Waals surface area contributed by atoms with Crippen LogP contribution in [-0.4, -0.2) is 7.85 Å². The Bertz CT molecular complexity index is 234. The zero-order valence-corrected chi connectivity index (χ0v) is 5.67. The predicted molar refractivity (Wildman–Crippen MR) is 36.1 cm³/mol. The Kier molecular flexibility index (Phi) is 2.00. The van der Waals surface area contributed by atoms with Gasteiger partial charge in [0.2, 0.25) is 0 Å². The average Bonchev–Trinajstić information content (AvgIpc) is 2.08. The van der Waals surface area contributed by atoms with Gasteiger partial charge < -0.3 is 5.73 Å². The molecule has 0 fully saturated rings. The van der Waals surface area contributed by atoms with Gasteiger partial charge in [0, 0.05) is 0 Å². The molecule has 12 heavy (non-hydrogen) atoms. The van der Waals surface area contributed by atoms with Gasteiger partial charge in [0.05, 0.1) is 0 Å². The van der Waals surface area contributed by atoms with E-state index in [-0.39, 0.29) is 0 Å². The van der Waals surface area contributed by atoms with Crippen molar-refractivity contribution in [3.05, 3.63) is 23.3 Å². The Balaban J connectivity index is 3.60. The highest BCUT2D eigenvalue weighted by molar-refractivity contribution is 6.32. The van der Waals surface area contributed by atoms with Crippen molar-refractivity contribution in [2.75, 3.05) is 5.73 Å². The molecule has 0 heterocycles. The first-order chi connectivity index (χ1) is 5.46. The van der Waals surface area contributed by atoms with Crippen LogP contribution in [0, 0.1) is 23.3 Å². The van der Waals surface area contributed by atoms with Gasteiger partial charge in [-0.25, -0.2) is 17.6 Å². The van der Waals surface area contributed by atoms with Crippen molar-refractivity contribution in [3.63, 3.8) is 0 Å². The SMILES string of the molecule is [B]c1c(F)c(F)c(N)c(F)c1F. The molecule has 0 aliphatic heterocycles. The maximum atomic E-state index is 12.4. The minimum absolute atomic E-state index is 1.21. The molecule has 6 heteroatoms. The molecule has 0 saturated heterocycles. The molecule has 1 nitrogen and oxygen atoms in total. The molecular weight excluding hydrogens is 173 g/mol.